The summed E-state index contributed by atoms with van der Waals surface area (Å²) < 4.78 is 5.72. The second kappa shape index (κ2) is 5.73. The van der Waals surface area contributed by atoms with E-state index in [4.69, 9.17) is 4.42 Å². The van der Waals surface area contributed by atoms with Crippen LogP contribution in [-0.2, 0) is 4.79 Å². The molecule has 1 saturated carbocycles. The van der Waals surface area contributed by atoms with Gasteiger partial charge < -0.3 is 14.7 Å². The average Bonchev–Trinajstić information content (AvgIpc) is 3.09. The molecular weight excluding hydrogens is 312 g/mol. The Morgan fingerprint density at radius 3 is 3.04 bits per heavy atom. The van der Waals surface area contributed by atoms with Crippen molar-refractivity contribution in [2.45, 2.75) is 36.3 Å². The van der Waals surface area contributed by atoms with Crippen molar-refractivity contribution >= 4 is 28.6 Å². The zero-order valence-electron chi connectivity index (χ0n) is 12.6. The molecule has 3 aromatic rings. The molecule has 1 atom stereocenters. The lowest BCUT2D eigenvalue weighted by atomic mass is 10.2. The minimum atomic E-state index is -0.258. The molecule has 1 unspecified atom stereocenters. The van der Waals surface area contributed by atoms with Gasteiger partial charge >= 0.3 is 0 Å². The molecule has 6 nitrogen and oxygen atoms in total. The highest BCUT2D eigenvalue weighted by Gasteiger charge is 2.27. The molecule has 23 heavy (non-hydrogen) atoms. The van der Waals surface area contributed by atoms with Gasteiger partial charge in [0, 0.05) is 23.1 Å². The highest BCUT2D eigenvalue weighted by atomic mass is 32.2. The second-order valence-electron chi connectivity index (χ2n) is 5.66. The number of amides is 1. The van der Waals surface area contributed by atoms with Crippen molar-refractivity contribution in [2.75, 3.05) is 0 Å². The number of benzene rings is 1. The maximum absolute atomic E-state index is 12.0. The van der Waals surface area contributed by atoms with E-state index < -0.39 is 0 Å². The van der Waals surface area contributed by atoms with Crippen molar-refractivity contribution in [2.24, 2.45) is 0 Å². The summed E-state index contributed by atoms with van der Waals surface area (Å²) in [5.41, 5.74) is 1.89. The van der Waals surface area contributed by atoms with Crippen LogP contribution in [0.4, 0.5) is 0 Å². The highest BCUT2D eigenvalue weighted by Crippen LogP contribution is 2.31. The Morgan fingerprint density at radius 1 is 1.39 bits per heavy atom. The lowest BCUT2D eigenvalue weighted by molar-refractivity contribution is -0.120. The third kappa shape index (κ3) is 2.96. The first kappa shape index (κ1) is 14.3. The number of hydrogen-bond acceptors (Lipinski definition) is 5. The fraction of sp³-hybridized carbons (Fsp3) is 0.312. The number of nitrogens with one attached hydrogen (secondary N) is 2. The normalized spacial score (nSPS) is 15.7. The van der Waals surface area contributed by atoms with Crippen LogP contribution in [0.25, 0.3) is 22.4 Å². The van der Waals surface area contributed by atoms with Crippen molar-refractivity contribution in [1.82, 2.24) is 20.5 Å². The monoisotopic (exact) mass is 328 g/mol. The fourth-order valence-electron chi connectivity index (χ4n) is 2.37. The van der Waals surface area contributed by atoms with Crippen molar-refractivity contribution in [3.63, 3.8) is 0 Å². The second-order valence-corrected chi connectivity index (χ2v) is 6.96. The SMILES string of the molecule is CC(Sc1nnc(-c2c[nH]c3ccccc23)o1)C(=O)NC1CC1. The van der Waals surface area contributed by atoms with E-state index in [9.17, 15) is 4.79 Å². The van der Waals surface area contributed by atoms with Gasteiger partial charge in [-0.25, -0.2) is 0 Å². The van der Waals surface area contributed by atoms with Gasteiger partial charge in [-0.1, -0.05) is 30.0 Å². The highest BCUT2D eigenvalue weighted by molar-refractivity contribution is 8.00. The van der Waals surface area contributed by atoms with E-state index in [0.29, 0.717) is 17.2 Å². The van der Waals surface area contributed by atoms with E-state index in [-0.39, 0.29) is 11.2 Å². The van der Waals surface area contributed by atoms with Gasteiger partial charge in [0.25, 0.3) is 11.1 Å². The largest absolute Gasteiger partial charge is 0.411 e. The molecule has 118 valence electrons. The number of nitrogens with zero attached hydrogens (tertiary/aromatic N) is 2. The molecule has 1 aliphatic carbocycles. The average molecular weight is 328 g/mol. The number of carbonyl (C=O) groups excluding carboxylic acids is 1. The molecule has 0 aliphatic heterocycles. The number of carbonyl (C=O) groups is 1. The van der Waals surface area contributed by atoms with E-state index in [2.05, 4.69) is 20.5 Å². The molecule has 1 aliphatic rings. The Kier molecular flexibility index (Phi) is 3.57. The summed E-state index contributed by atoms with van der Waals surface area (Å²) in [6, 6.07) is 8.29. The maximum Gasteiger partial charge on any atom is 0.277 e. The van der Waals surface area contributed by atoms with Crippen LogP contribution < -0.4 is 5.32 Å². The van der Waals surface area contributed by atoms with Gasteiger partial charge in [-0.3, -0.25) is 4.79 Å². The first-order chi connectivity index (χ1) is 11.2. The zero-order valence-corrected chi connectivity index (χ0v) is 13.4. The lowest BCUT2D eigenvalue weighted by Gasteiger charge is -2.08. The fourth-order valence-corrected chi connectivity index (χ4v) is 3.06. The van der Waals surface area contributed by atoms with Crippen LogP contribution in [0.5, 0.6) is 0 Å². The van der Waals surface area contributed by atoms with Crippen LogP contribution in [0.2, 0.25) is 0 Å². The van der Waals surface area contributed by atoms with E-state index in [1.165, 1.54) is 11.8 Å². The van der Waals surface area contributed by atoms with E-state index in [1.807, 2.05) is 37.4 Å². The van der Waals surface area contributed by atoms with Crippen molar-refractivity contribution in [3.05, 3.63) is 30.5 Å². The number of aromatic nitrogens is 3. The quantitative estimate of drug-likeness (QED) is 0.704. The zero-order chi connectivity index (χ0) is 15.8. The smallest absolute Gasteiger partial charge is 0.277 e. The molecule has 1 aromatic carbocycles. The Bertz CT molecular complexity index is 853. The first-order valence-electron chi connectivity index (χ1n) is 7.58. The number of H-pyrrole nitrogens is 1. The number of hydrogen-bond donors (Lipinski definition) is 2. The van der Waals surface area contributed by atoms with Crippen LogP contribution in [-0.4, -0.2) is 32.4 Å². The van der Waals surface area contributed by atoms with E-state index >= 15 is 0 Å². The summed E-state index contributed by atoms with van der Waals surface area (Å²) in [4.78, 5) is 15.2. The molecular formula is C16H16N4O2S. The standard InChI is InChI=1S/C16H16N4O2S/c1-9(14(21)18-10-6-7-10)23-16-20-19-15(22-16)12-8-17-13-5-3-2-4-11(12)13/h2-5,8-10,17H,6-7H2,1H3,(H,18,21). The van der Waals surface area contributed by atoms with Crippen molar-refractivity contribution < 1.29 is 9.21 Å². The Labute approximate surface area is 137 Å². The summed E-state index contributed by atoms with van der Waals surface area (Å²) in [6.45, 7) is 1.85. The molecule has 4 rings (SSSR count). The number of thioether (sulfide) groups is 1. The minimum absolute atomic E-state index is 0.0179. The molecule has 2 heterocycles. The summed E-state index contributed by atoms with van der Waals surface area (Å²) in [5, 5.41) is 12.3. The number of fused-ring (bicyclic) bond motifs is 1. The predicted octanol–water partition coefficient (Wildman–Crippen LogP) is 2.98. The molecule has 0 spiro atoms. The molecule has 0 saturated heterocycles. The van der Waals surface area contributed by atoms with Crippen LogP contribution in [0, 0.1) is 0 Å². The van der Waals surface area contributed by atoms with Gasteiger partial charge in [0.1, 0.15) is 0 Å². The third-order valence-corrected chi connectivity index (χ3v) is 4.73. The summed E-state index contributed by atoms with van der Waals surface area (Å²) in [5.74, 6) is 0.476. The predicted molar refractivity (Wildman–Crippen MR) is 88.1 cm³/mol. The van der Waals surface area contributed by atoms with Crippen molar-refractivity contribution in [1.29, 1.82) is 0 Å². The minimum Gasteiger partial charge on any atom is -0.411 e. The molecule has 2 aromatic heterocycles. The Morgan fingerprint density at radius 2 is 2.22 bits per heavy atom. The van der Waals surface area contributed by atoms with Gasteiger partial charge in [-0.05, 0) is 25.8 Å². The van der Waals surface area contributed by atoms with Gasteiger partial charge in [-0.2, -0.15) is 0 Å². The molecule has 7 heteroatoms. The van der Waals surface area contributed by atoms with Crippen LogP contribution in [0.15, 0.2) is 40.1 Å². The van der Waals surface area contributed by atoms with Gasteiger partial charge in [0.2, 0.25) is 5.91 Å². The summed E-state index contributed by atoms with van der Waals surface area (Å²) >= 11 is 1.28. The van der Waals surface area contributed by atoms with Crippen LogP contribution in [0.3, 0.4) is 0 Å². The Hall–Kier alpha value is -2.28. The van der Waals surface area contributed by atoms with E-state index in [0.717, 1.165) is 29.3 Å². The van der Waals surface area contributed by atoms with E-state index in [1.54, 1.807) is 0 Å². The first-order valence-corrected chi connectivity index (χ1v) is 8.45. The topological polar surface area (TPSA) is 83.8 Å². The van der Waals surface area contributed by atoms with Gasteiger partial charge in [0.05, 0.1) is 10.8 Å². The molecule has 1 amide bonds. The molecule has 2 N–H and O–H groups in total. The molecule has 1 fully saturated rings. The van der Waals surface area contributed by atoms with Crippen LogP contribution >= 0.6 is 11.8 Å². The number of aromatic amines is 1. The number of para-hydroxylation sites is 1. The van der Waals surface area contributed by atoms with Crippen LogP contribution in [0.1, 0.15) is 19.8 Å². The summed E-state index contributed by atoms with van der Waals surface area (Å²) in [7, 11) is 0. The lowest BCUT2D eigenvalue weighted by Crippen LogP contribution is -2.32. The molecule has 0 bridgehead atoms. The third-order valence-electron chi connectivity index (χ3n) is 3.80. The molecule has 0 radical (unpaired) electrons. The Balaban J connectivity index is 1.51. The van der Waals surface area contributed by atoms with Gasteiger partial charge in [-0.15, -0.1) is 10.2 Å². The summed E-state index contributed by atoms with van der Waals surface area (Å²) in [6.07, 6.45) is 4.01. The number of rotatable bonds is 5. The van der Waals surface area contributed by atoms with Crippen molar-refractivity contribution in [3.8, 4) is 11.5 Å². The maximum atomic E-state index is 12.0. The van der Waals surface area contributed by atoms with Gasteiger partial charge in [0.15, 0.2) is 0 Å².